The third-order valence-corrected chi connectivity index (χ3v) is 6.63. The number of nitrogens with zero attached hydrogens (tertiary/aromatic N) is 2. The van der Waals surface area contributed by atoms with Gasteiger partial charge in [0.05, 0.1) is 12.8 Å². The second-order valence-corrected chi connectivity index (χ2v) is 9.08. The minimum atomic E-state index is -0.623. The summed E-state index contributed by atoms with van der Waals surface area (Å²) in [5.74, 6) is 0.364. The van der Waals surface area contributed by atoms with Gasteiger partial charge in [-0.15, -0.1) is 0 Å². The van der Waals surface area contributed by atoms with E-state index in [1.807, 2.05) is 67.6 Å². The van der Waals surface area contributed by atoms with Crippen LogP contribution in [0.25, 0.3) is 10.8 Å². The molecule has 1 atom stereocenters. The van der Waals surface area contributed by atoms with E-state index in [9.17, 15) is 14.4 Å². The summed E-state index contributed by atoms with van der Waals surface area (Å²) in [7, 11) is 1.60. The van der Waals surface area contributed by atoms with E-state index in [0.29, 0.717) is 37.4 Å². The molecular weight excluding hydrogens is 454 g/mol. The van der Waals surface area contributed by atoms with Gasteiger partial charge in [-0.05, 0) is 55.0 Å². The number of benzene rings is 3. The lowest BCUT2D eigenvalue weighted by atomic mass is 10.1. The van der Waals surface area contributed by atoms with E-state index in [1.165, 1.54) is 0 Å². The molecule has 1 heterocycles. The number of rotatable bonds is 11. The highest BCUT2D eigenvalue weighted by molar-refractivity contribution is 6.25. The van der Waals surface area contributed by atoms with Gasteiger partial charge in [-0.1, -0.05) is 43.3 Å². The molecule has 0 radical (unpaired) electrons. The van der Waals surface area contributed by atoms with Crippen LogP contribution in [0, 0.1) is 0 Å². The van der Waals surface area contributed by atoms with Gasteiger partial charge in [0.25, 0.3) is 5.91 Å². The maximum atomic E-state index is 13.4. The number of ether oxygens (including phenoxy) is 1. The molecule has 188 valence electrons. The molecule has 4 rings (SSSR count). The Labute approximate surface area is 212 Å². The molecule has 3 amide bonds. The van der Waals surface area contributed by atoms with Gasteiger partial charge in [-0.3, -0.25) is 14.4 Å². The molecule has 36 heavy (non-hydrogen) atoms. The highest BCUT2D eigenvalue weighted by Gasteiger charge is 2.30. The summed E-state index contributed by atoms with van der Waals surface area (Å²) in [6.45, 7) is 5.03. The first-order valence-electron chi connectivity index (χ1n) is 12.5. The first kappa shape index (κ1) is 25.2. The van der Waals surface area contributed by atoms with E-state index in [1.54, 1.807) is 23.8 Å². The van der Waals surface area contributed by atoms with E-state index in [0.717, 1.165) is 28.4 Å². The molecule has 1 N–H and O–H groups in total. The van der Waals surface area contributed by atoms with Gasteiger partial charge in [0.1, 0.15) is 11.8 Å². The molecule has 1 aliphatic rings. The summed E-state index contributed by atoms with van der Waals surface area (Å²) in [6.07, 6.45) is 1.54. The first-order chi connectivity index (χ1) is 17.4. The van der Waals surface area contributed by atoms with E-state index in [2.05, 4.69) is 5.32 Å². The van der Waals surface area contributed by atoms with Crippen molar-refractivity contribution in [1.29, 1.82) is 0 Å². The lowest BCUT2D eigenvalue weighted by Crippen LogP contribution is -2.47. The Hall–Kier alpha value is -3.87. The van der Waals surface area contributed by atoms with Gasteiger partial charge in [0, 0.05) is 37.0 Å². The normalized spacial score (nSPS) is 13.1. The second-order valence-electron chi connectivity index (χ2n) is 9.08. The molecule has 3 aromatic rings. The lowest BCUT2D eigenvalue weighted by molar-refractivity contribution is -0.140. The second kappa shape index (κ2) is 11.2. The number of nitrogens with one attached hydrogen (secondary N) is 1. The van der Waals surface area contributed by atoms with Gasteiger partial charge in [0.2, 0.25) is 11.8 Å². The van der Waals surface area contributed by atoms with Crippen molar-refractivity contribution in [2.75, 3.05) is 25.1 Å². The van der Waals surface area contributed by atoms with Crippen LogP contribution in [0.15, 0.2) is 60.7 Å². The van der Waals surface area contributed by atoms with Crippen molar-refractivity contribution >= 4 is 34.2 Å². The van der Waals surface area contributed by atoms with E-state index < -0.39 is 6.04 Å². The van der Waals surface area contributed by atoms with Gasteiger partial charge in [-0.25, -0.2) is 0 Å². The fraction of sp³-hybridized carbons (Fsp3) is 0.345. The average molecular weight is 488 g/mol. The van der Waals surface area contributed by atoms with Crippen molar-refractivity contribution in [3.63, 3.8) is 0 Å². The highest BCUT2D eigenvalue weighted by Crippen LogP contribution is 2.37. The van der Waals surface area contributed by atoms with Crippen molar-refractivity contribution in [3.8, 4) is 5.75 Å². The molecule has 7 heteroatoms. The molecule has 0 aliphatic carbocycles. The third-order valence-electron chi connectivity index (χ3n) is 6.63. The summed E-state index contributed by atoms with van der Waals surface area (Å²) < 4.78 is 5.32. The number of hydrogen-bond acceptors (Lipinski definition) is 4. The van der Waals surface area contributed by atoms with Crippen LogP contribution >= 0.6 is 0 Å². The largest absolute Gasteiger partial charge is 0.497 e. The number of anilines is 1. The monoisotopic (exact) mass is 487 g/mol. The summed E-state index contributed by atoms with van der Waals surface area (Å²) in [5, 5.41) is 4.90. The number of amides is 3. The van der Waals surface area contributed by atoms with Crippen LogP contribution in [0.5, 0.6) is 5.75 Å². The topological polar surface area (TPSA) is 79.0 Å². The first-order valence-corrected chi connectivity index (χ1v) is 12.5. The maximum absolute atomic E-state index is 13.4. The zero-order valence-electron chi connectivity index (χ0n) is 21.1. The Bertz CT molecular complexity index is 1270. The molecule has 0 spiro atoms. The van der Waals surface area contributed by atoms with E-state index >= 15 is 0 Å². The molecule has 0 aromatic heterocycles. The molecular formula is C29H33N3O4. The molecule has 3 aromatic carbocycles. The molecule has 7 nitrogen and oxygen atoms in total. The SMILES string of the molecule is CCCNC(=O)C(C)N(Cc1cccc(OC)c1)C(=O)CCCN1C(=O)c2cccc3cccc1c23. The maximum Gasteiger partial charge on any atom is 0.258 e. The lowest BCUT2D eigenvalue weighted by Gasteiger charge is -2.29. The predicted molar refractivity (Wildman–Crippen MR) is 141 cm³/mol. The Morgan fingerprint density at radius 1 is 1.08 bits per heavy atom. The van der Waals surface area contributed by atoms with Crippen molar-refractivity contribution in [2.24, 2.45) is 0 Å². The van der Waals surface area contributed by atoms with E-state index in [4.69, 9.17) is 4.74 Å². The van der Waals surface area contributed by atoms with Gasteiger partial charge in [-0.2, -0.15) is 0 Å². The van der Waals surface area contributed by atoms with Crippen LogP contribution in [-0.4, -0.2) is 48.9 Å². The van der Waals surface area contributed by atoms with Gasteiger partial charge < -0.3 is 19.9 Å². The highest BCUT2D eigenvalue weighted by atomic mass is 16.5. The minimum absolute atomic E-state index is 0.0326. The average Bonchev–Trinajstić information content (AvgIpc) is 3.18. The zero-order valence-corrected chi connectivity index (χ0v) is 21.1. The van der Waals surface area contributed by atoms with Crippen molar-refractivity contribution in [2.45, 2.75) is 45.7 Å². The number of carbonyl (C=O) groups excluding carboxylic acids is 3. The van der Waals surface area contributed by atoms with Crippen LogP contribution in [0.2, 0.25) is 0 Å². The Balaban J connectivity index is 1.46. The third kappa shape index (κ3) is 5.20. The zero-order chi connectivity index (χ0) is 25.7. The minimum Gasteiger partial charge on any atom is -0.497 e. The van der Waals surface area contributed by atoms with Crippen LogP contribution in [0.3, 0.4) is 0 Å². The number of carbonyl (C=O) groups is 3. The van der Waals surface area contributed by atoms with Gasteiger partial charge in [0.15, 0.2) is 0 Å². The van der Waals surface area contributed by atoms with Gasteiger partial charge >= 0.3 is 0 Å². The van der Waals surface area contributed by atoms with Crippen molar-refractivity contribution in [1.82, 2.24) is 10.2 Å². The predicted octanol–water partition coefficient (Wildman–Crippen LogP) is 4.53. The molecule has 0 saturated carbocycles. The fourth-order valence-electron chi connectivity index (χ4n) is 4.68. The standard InChI is InChI=1S/C29H33N3O4/c1-4-16-30-28(34)20(2)32(19-21-9-5-12-23(18-21)36-3)26(33)15-8-17-31-25-14-7-11-22-10-6-13-24(27(22)25)29(31)35/h5-7,9-14,18,20H,4,8,15-17,19H2,1-3H3,(H,30,34). The summed E-state index contributed by atoms with van der Waals surface area (Å²) in [6, 6.07) is 18.5. The van der Waals surface area contributed by atoms with Crippen LogP contribution < -0.4 is 15.0 Å². The van der Waals surface area contributed by atoms with Crippen LogP contribution in [0.1, 0.15) is 49.0 Å². The Morgan fingerprint density at radius 2 is 1.83 bits per heavy atom. The fourth-order valence-corrected chi connectivity index (χ4v) is 4.68. The van der Waals surface area contributed by atoms with Crippen LogP contribution in [-0.2, 0) is 16.1 Å². The summed E-state index contributed by atoms with van der Waals surface area (Å²) in [5.41, 5.74) is 2.48. The molecule has 1 unspecified atom stereocenters. The molecule has 0 bridgehead atoms. The van der Waals surface area contributed by atoms with Crippen molar-refractivity contribution in [3.05, 3.63) is 71.8 Å². The molecule has 0 fully saturated rings. The quantitative estimate of drug-likeness (QED) is 0.431. The van der Waals surface area contributed by atoms with Crippen molar-refractivity contribution < 1.29 is 19.1 Å². The summed E-state index contributed by atoms with van der Waals surface area (Å²) in [4.78, 5) is 42.6. The molecule has 1 aliphatic heterocycles. The van der Waals surface area contributed by atoms with E-state index in [-0.39, 0.29) is 24.1 Å². The summed E-state index contributed by atoms with van der Waals surface area (Å²) >= 11 is 0. The Morgan fingerprint density at radius 3 is 2.58 bits per heavy atom. The number of hydrogen-bond donors (Lipinski definition) is 1. The Kier molecular flexibility index (Phi) is 7.88. The smallest absolute Gasteiger partial charge is 0.258 e. The number of methoxy groups -OCH3 is 1. The molecule has 0 saturated heterocycles. The van der Waals surface area contributed by atoms with Crippen LogP contribution in [0.4, 0.5) is 5.69 Å².